The van der Waals surface area contributed by atoms with Gasteiger partial charge < -0.3 is 10.1 Å². The summed E-state index contributed by atoms with van der Waals surface area (Å²) in [5.74, 6) is 1.57. The molecule has 1 aromatic heterocycles. The maximum atomic E-state index is 5.36. The van der Waals surface area contributed by atoms with E-state index in [-0.39, 0.29) is 6.04 Å². The predicted octanol–water partition coefficient (Wildman–Crippen LogP) is 3.65. The third-order valence-corrected chi connectivity index (χ3v) is 4.21. The maximum Gasteiger partial charge on any atom is 0.226 e. The van der Waals surface area contributed by atoms with Crippen molar-refractivity contribution in [1.29, 1.82) is 0 Å². The normalized spacial score (nSPS) is 16.1. The van der Waals surface area contributed by atoms with Crippen LogP contribution in [0.1, 0.15) is 22.7 Å². The molecule has 0 aliphatic carbocycles. The number of allylic oxidation sites excluding steroid dienone is 1. The van der Waals surface area contributed by atoms with Gasteiger partial charge in [0, 0.05) is 5.70 Å². The standard InChI is InChI=1S/C19H18N4O/c1-13-6-8-14(9-7-13)17-11-18(23-19(22-17)20-12-21-23)15-4-3-5-16(10-15)24-2/h3-12,18H,1-2H3,(H,20,21,22)/t18-/m1/s1. The van der Waals surface area contributed by atoms with E-state index in [1.54, 1.807) is 13.4 Å². The fraction of sp³-hybridized carbons (Fsp3) is 0.158. The molecule has 0 fully saturated rings. The molecule has 0 unspecified atom stereocenters. The minimum absolute atomic E-state index is 0.0323. The molecule has 0 bridgehead atoms. The van der Waals surface area contributed by atoms with E-state index < -0.39 is 0 Å². The maximum absolute atomic E-state index is 5.36. The van der Waals surface area contributed by atoms with Gasteiger partial charge in [0.1, 0.15) is 18.1 Å². The van der Waals surface area contributed by atoms with Crippen LogP contribution in [-0.4, -0.2) is 21.9 Å². The van der Waals surface area contributed by atoms with E-state index in [0.717, 1.165) is 28.5 Å². The van der Waals surface area contributed by atoms with Crippen molar-refractivity contribution in [3.8, 4) is 5.75 Å². The number of aromatic nitrogens is 3. The number of rotatable bonds is 3. The lowest BCUT2D eigenvalue weighted by atomic mass is 10.0. The topological polar surface area (TPSA) is 52.0 Å². The van der Waals surface area contributed by atoms with Crippen molar-refractivity contribution in [1.82, 2.24) is 14.8 Å². The van der Waals surface area contributed by atoms with Crippen LogP contribution >= 0.6 is 0 Å². The molecule has 2 aromatic carbocycles. The lowest BCUT2D eigenvalue weighted by Crippen LogP contribution is -2.20. The molecule has 0 radical (unpaired) electrons. The molecule has 0 saturated heterocycles. The fourth-order valence-corrected chi connectivity index (χ4v) is 2.90. The van der Waals surface area contributed by atoms with E-state index in [1.165, 1.54) is 5.56 Å². The molecule has 24 heavy (non-hydrogen) atoms. The number of benzene rings is 2. The Morgan fingerprint density at radius 3 is 2.75 bits per heavy atom. The average Bonchev–Trinajstić information content (AvgIpc) is 3.10. The third kappa shape index (κ3) is 2.54. The molecule has 3 aromatic rings. The Bertz CT molecular complexity index is 896. The minimum atomic E-state index is -0.0323. The number of aryl methyl sites for hydroxylation is 1. The summed E-state index contributed by atoms with van der Waals surface area (Å²) in [5.41, 5.74) is 4.50. The molecule has 0 spiro atoms. The van der Waals surface area contributed by atoms with Crippen LogP contribution < -0.4 is 10.1 Å². The van der Waals surface area contributed by atoms with E-state index in [2.05, 4.69) is 58.7 Å². The Morgan fingerprint density at radius 1 is 1.12 bits per heavy atom. The Balaban J connectivity index is 1.80. The van der Waals surface area contributed by atoms with E-state index in [0.29, 0.717) is 0 Å². The van der Waals surface area contributed by atoms with Crippen LogP contribution in [-0.2, 0) is 0 Å². The van der Waals surface area contributed by atoms with Crippen molar-refractivity contribution >= 4 is 11.6 Å². The highest BCUT2D eigenvalue weighted by Crippen LogP contribution is 2.33. The molecule has 5 heteroatoms. The smallest absolute Gasteiger partial charge is 0.226 e. The first-order chi connectivity index (χ1) is 11.7. The number of nitrogens with one attached hydrogen (secondary N) is 1. The van der Waals surface area contributed by atoms with Gasteiger partial charge in [-0.2, -0.15) is 10.1 Å². The summed E-state index contributed by atoms with van der Waals surface area (Å²) >= 11 is 0. The van der Waals surface area contributed by atoms with Gasteiger partial charge in [0.2, 0.25) is 5.95 Å². The first-order valence-corrected chi connectivity index (χ1v) is 7.84. The molecule has 4 rings (SSSR count). The van der Waals surface area contributed by atoms with Crippen molar-refractivity contribution in [3.63, 3.8) is 0 Å². The highest BCUT2D eigenvalue weighted by atomic mass is 16.5. The lowest BCUT2D eigenvalue weighted by Gasteiger charge is -2.24. The molecule has 0 saturated carbocycles. The predicted molar refractivity (Wildman–Crippen MR) is 93.9 cm³/mol. The second-order valence-corrected chi connectivity index (χ2v) is 5.82. The van der Waals surface area contributed by atoms with Crippen LogP contribution in [0.15, 0.2) is 60.9 Å². The lowest BCUT2D eigenvalue weighted by molar-refractivity contribution is 0.413. The van der Waals surface area contributed by atoms with Crippen LogP contribution in [0.4, 0.5) is 5.95 Å². The van der Waals surface area contributed by atoms with Crippen molar-refractivity contribution in [2.24, 2.45) is 0 Å². The van der Waals surface area contributed by atoms with Crippen LogP contribution in [0.2, 0.25) is 0 Å². The van der Waals surface area contributed by atoms with Crippen molar-refractivity contribution in [3.05, 3.63) is 77.6 Å². The molecule has 1 aliphatic rings. The molecule has 2 heterocycles. The van der Waals surface area contributed by atoms with E-state index in [9.17, 15) is 0 Å². The number of anilines is 1. The first-order valence-electron chi connectivity index (χ1n) is 7.84. The van der Waals surface area contributed by atoms with Crippen molar-refractivity contribution in [2.75, 3.05) is 12.4 Å². The first kappa shape index (κ1) is 14.5. The summed E-state index contributed by atoms with van der Waals surface area (Å²) < 4.78 is 7.24. The second kappa shape index (κ2) is 5.85. The van der Waals surface area contributed by atoms with E-state index >= 15 is 0 Å². The Labute approximate surface area is 140 Å². The molecule has 1 N–H and O–H groups in total. The van der Waals surface area contributed by atoms with Gasteiger partial charge >= 0.3 is 0 Å². The monoisotopic (exact) mass is 318 g/mol. The number of fused-ring (bicyclic) bond motifs is 1. The van der Waals surface area contributed by atoms with Crippen LogP contribution in [0.5, 0.6) is 5.75 Å². The molecular formula is C19H18N4O. The molecule has 120 valence electrons. The van der Waals surface area contributed by atoms with Gasteiger partial charge in [-0.25, -0.2) is 4.68 Å². The van der Waals surface area contributed by atoms with Gasteiger partial charge in [0.05, 0.1) is 7.11 Å². The zero-order chi connectivity index (χ0) is 16.5. The van der Waals surface area contributed by atoms with E-state index in [1.807, 2.05) is 22.9 Å². The quantitative estimate of drug-likeness (QED) is 0.801. The SMILES string of the molecule is COc1cccc([C@H]2C=C(c3ccc(C)cc3)Nc3ncnn32)c1. The summed E-state index contributed by atoms with van der Waals surface area (Å²) in [5, 5.41) is 7.73. The molecular weight excluding hydrogens is 300 g/mol. The summed E-state index contributed by atoms with van der Waals surface area (Å²) in [4.78, 5) is 4.34. The highest BCUT2D eigenvalue weighted by molar-refractivity contribution is 5.77. The van der Waals surface area contributed by atoms with E-state index in [4.69, 9.17) is 4.74 Å². The number of hydrogen-bond acceptors (Lipinski definition) is 4. The number of hydrogen-bond donors (Lipinski definition) is 1. The minimum Gasteiger partial charge on any atom is -0.497 e. The van der Waals surface area contributed by atoms with Gasteiger partial charge in [-0.1, -0.05) is 42.0 Å². The molecule has 5 nitrogen and oxygen atoms in total. The Hall–Kier alpha value is -3.08. The van der Waals surface area contributed by atoms with Crippen LogP contribution in [0.3, 0.4) is 0 Å². The van der Waals surface area contributed by atoms with Gasteiger partial charge in [-0.05, 0) is 36.3 Å². The van der Waals surface area contributed by atoms with Gasteiger partial charge in [-0.3, -0.25) is 0 Å². The largest absolute Gasteiger partial charge is 0.497 e. The van der Waals surface area contributed by atoms with Crippen LogP contribution in [0.25, 0.3) is 5.70 Å². The van der Waals surface area contributed by atoms with Crippen molar-refractivity contribution in [2.45, 2.75) is 13.0 Å². The fourth-order valence-electron chi connectivity index (χ4n) is 2.90. The summed E-state index contributed by atoms with van der Waals surface area (Å²) in [7, 11) is 1.68. The second-order valence-electron chi connectivity index (χ2n) is 5.82. The zero-order valence-corrected chi connectivity index (χ0v) is 13.6. The van der Waals surface area contributed by atoms with Gasteiger partial charge in [0.15, 0.2) is 0 Å². The number of methoxy groups -OCH3 is 1. The average molecular weight is 318 g/mol. The Morgan fingerprint density at radius 2 is 1.96 bits per heavy atom. The number of nitrogens with zero attached hydrogens (tertiary/aromatic N) is 3. The third-order valence-electron chi connectivity index (χ3n) is 4.21. The Kier molecular flexibility index (Phi) is 3.54. The summed E-state index contributed by atoms with van der Waals surface area (Å²) in [6.07, 6.45) is 3.74. The summed E-state index contributed by atoms with van der Waals surface area (Å²) in [6, 6.07) is 16.5. The number of ether oxygens (including phenoxy) is 1. The van der Waals surface area contributed by atoms with Gasteiger partial charge in [0.25, 0.3) is 0 Å². The summed E-state index contributed by atoms with van der Waals surface area (Å²) in [6.45, 7) is 2.09. The zero-order valence-electron chi connectivity index (χ0n) is 13.6. The molecule has 0 amide bonds. The van der Waals surface area contributed by atoms with Gasteiger partial charge in [-0.15, -0.1) is 0 Å². The molecule has 1 aliphatic heterocycles. The van der Waals surface area contributed by atoms with Crippen LogP contribution in [0, 0.1) is 6.92 Å². The molecule has 1 atom stereocenters. The highest BCUT2D eigenvalue weighted by Gasteiger charge is 2.23. The van der Waals surface area contributed by atoms with Crippen molar-refractivity contribution < 1.29 is 4.74 Å².